The molecule has 0 bridgehead atoms. The Morgan fingerprint density at radius 2 is 1.87 bits per heavy atom. The van der Waals surface area contributed by atoms with Gasteiger partial charge in [-0.25, -0.2) is 4.98 Å². The molecule has 0 amide bonds. The van der Waals surface area contributed by atoms with E-state index in [1.54, 1.807) is 12.1 Å². The van der Waals surface area contributed by atoms with Gasteiger partial charge in [0.25, 0.3) is 0 Å². The van der Waals surface area contributed by atoms with Crippen LogP contribution in [0.2, 0.25) is 0 Å². The lowest BCUT2D eigenvalue weighted by Crippen LogP contribution is -2.37. The van der Waals surface area contributed by atoms with Gasteiger partial charge in [-0.2, -0.15) is 12.7 Å². The smallest absolute Gasteiger partial charge is 0.303 e. The first kappa shape index (κ1) is 11.7. The molecular formula is C8H14N4O2S. The molecule has 0 aliphatic carbocycles. The number of pyridine rings is 1. The molecule has 1 aromatic rings. The van der Waals surface area contributed by atoms with Gasteiger partial charge in [0.05, 0.1) is 11.9 Å². The molecule has 15 heavy (non-hydrogen) atoms. The van der Waals surface area contributed by atoms with Gasteiger partial charge in [0.1, 0.15) is 5.82 Å². The summed E-state index contributed by atoms with van der Waals surface area (Å²) in [5.74, 6) is 0.356. The van der Waals surface area contributed by atoms with Gasteiger partial charge in [-0.05, 0) is 12.1 Å². The number of hydrogen-bond donors (Lipinski definition) is 1. The van der Waals surface area contributed by atoms with Gasteiger partial charge in [0.15, 0.2) is 0 Å². The van der Waals surface area contributed by atoms with Crippen LogP contribution in [-0.2, 0) is 10.2 Å². The fourth-order valence-corrected chi connectivity index (χ4v) is 1.83. The van der Waals surface area contributed by atoms with Crippen molar-refractivity contribution >= 4 is 21.7 Å². The van der Waals surface area contributed by atoms with E-state index in [4.69, 9.17) is 5.73 Å². The molecule has 84 valence electrons. The molecule has 1 rings (SSSR count). The molecule has 1 aromatic heterocycles. The van der Waals surface area contributed by atoms with E-state index in [-0.39, 0.29) is 0 Å². The Morgan fingerprint density at radius 1 is 1.27 bits per heavy atom. The van der Waals surface area contributed by atoms with Crippen molar-refractivity contribution in [1.82, 2.24) is 9.29 Å². The minimum absolute atomic E-state index is 0.356. The second-order valence-electron chi connectivity index (χ2n) is 3.20. The summed E-state index contributed by atoms with van der Waals surface area (Å²) < 4.78 is 25.7. The summed E-state index contributed by atoms with van der Waals surface area (Å²) in [6.45, 7) is 0. The SMILES string of the molecule is CN(C)S(=O)(=O)N(C)c1ccc(N)nc1. The normalized spacial score (nSPS) is 11.7. The van der Waals surface area contributed by atoms with Crippen molar-refractivity contribution in [3.8, 4) is 0 Å². The lowest BCUT2D eigenvalue weighted by molar-refractivity contribution is 0.519. The Hall–Kier alpha value is -1.34. The zero-order chi connectivity index (χ0) is 11.6. The summed E-state index contributed by atoms with van der Waals surface area (Å²) in [5.41, 5.74) is 5.88. The molecule has 0 aromatic carbocycles. The zero-order valence-electron chi connectivity index (χ0n) is 8.88. The molecular weight excluding hydrogens is 216 g/mol. The lowest BCUT2D eigenvalue weighted by atomic mass is 10.4. The fourth-order valence-electron chi connectivity index (χ4n) is 0.962. The van der Waals surface area contributed by atoms with Gasteiger partial charge < -0.3 is 5.73 Å². The summed E-state index contributed by atoms with van der Waals surface area (Å²) in [6, 6.07) is 3.15. The van der Waals surface area contributed by atoms with Crippen molar-refractivity contribution in [2.75, 3.05) is 31.2 Å². The fraction of sp³-hybridized carbons (Fsp3) is 0.375. The molecule has 0 atom stereocenters. The molecule has 0 saturated carbocycles. The first-order valence-corrected chi connectivity index (χ1v) is 5.63. The van der Waals surface area contributed by atoms with Crippen LogP contribution in [0.25, 0.3) is 0 Å². The Kier molecular flexibility index (Phi) is 3.15. The molecule has 1 heterocycles. The Labute approximate surface area is 89.5 Å². The van der Waals surface area contributed by atoms with Crippen LogP contribution in [0, 0.1) is 0 Å². The first-order chi connectivity index (χ1) is 6.85. The maximum absolute atomic E-state index is 11.7. The maximum Gasteiger partial charge on any atom is 0.303 e. The van der Waals surface area contributed by atoms with Crippen molar-refractivity contribution in [1.29, 1.82) is 0 Å². The molecule has 0 fully saturated rings. The third kappa shape index (κ3) is 2.37. The Bertz CT molecular complexity index is 426. The van der Waals surface area contributed by atoms with Crippen LogP contribution in [-0.4, -0.2) is 38.9 Å². The van der Waals surface area contributed by atoms with E-state index < -0.39 is 10.2 Å². The van der Waals surface area contributed by atoms with E-state index in [1.807, 2.05) is 0 Å². The van der Waals surface area contributed by atoms with Gasteiger partial charge >= 0.3 is 10.2 Å². The van der Waals surface area contributed by atoms with Gasteiger partial charge in [0.2, 0.25) is 0 Å². The zero-order valence-corrected chi connectivity index (χ0v) is 9.69. The highest BCUT2D eigenvalue weighted by atomic mass is 32.2. The topological polar surface area (TPSA) is 79.5 Å². The third-order valence-corrected chi connectivity index (χ3v) is 3.77. The number of hydrogen-bond acceptors (Lipinski definition) is 4. The van der Waals surface area contributed by atoms with Crippen molar-refractivity contribution in [2.24, 2.45) is 0 Å². The lowest BCUT2D eigenvalue weighted by Gasteiger charge is -2.22. The van der Waals surface area contributed by atoms with Crippen LogP contribution in [0.3, 0.4) is 0 Å². The van der Waals surface area contributed by atoms with Crippen molar-refractivity contribution in [3.05, 3.63) is 18.3 Å². The summed E-state index contributed by atoms with van der Waals surface area (Å²) in [7, 11) is 0.942. The number of aromatic nitrogens is 1. The van der Waals surface area contributed by atoms with E-state index >= 15 is 0 Å². The highest BCUT2D eigenvalue weighted by Crippen LogP contribution is 2.16. The van der Waals surface area contributed by atoms with E-state index in [2.05, 4.69) is 4.98 Å². The minimum atomic E-state index is -3.46. The van der Waals surface area contributed by atoms with Crippen LogP contribution >= 0.6 is 0 Å². The second-order valence-corrected chi connectivity index (χ2v) is 5.37. The van der Waals surface area contributed by atoms with Gasteiger partial charge in [-0.1, -0.05) is 0 Å². The van der Waals surface area contributed by atoms with E-state index in [1.165, 1.54) is 27.3 Å². The molecule has 7 heteroatoms. The van der Waals surface area contributed by atoms with Crippen LogP contribution in [0.15, 0.2) is 18.3 Å². The molecule has 2 N–H and O–H groups in total. The van der Waals surface area contributed by atoms with Crippen LogP contribution in [0.1, 0.15) is 0 Å². The average Bonchev–Trinajstić information content (AvgIpc) is 2.17. The Balaban J connectivity index is 3.05. The quantitative estimate of drug-likeness (QED) is 0.786. The number of nitrogens with zero attached hydrogens (tertiary/aromatic N) is 3. The molecule has 0 unspecified atom stereocenters. The molecule has 0 spiro atoms. The van der Waals surface area contributed by atoms with E-state index in [9.17, 15) is 8.42 Å². The van der Waals surface area contributed by atoms with Crippen LogP contribution in [0.5, 0.6) is 0 Å². The number of rotatable bonds is 3. The maximum atomic E-state index is 11.7. The molecule has 0 aliphatic rings. The molecule has 6 nitrogen and oxygen atoms in total. The van der Waals surface area contributed by atoms with Gasteiger partial charge in [0, 0.05) is 21.1 Å². The standard InChI is InChI=1S/C8H14N4O2S/c1-11(2)15(13,14)12(3)7-4-5-8(9)10-6-7/h4-6H,1-3H3,(H2,9,10). The van der Waals surface area contributed by atoms with Gasteiger partial charge in [-0.15, -0.1) is 0 Å². The monoisotopic (exact) mass is 230 g/mol. The van der Waals surface area contributed by atoms with Crippen molar-refractivity contribution in [3.63, 3.8) is 0 Å². The first-order valence-electron chi connectivity index (χ1n) is 4.23. The highest BCUT2D eigenvalue weighted by Gasteiger charge is 2.20. The largest absolute Gasteiger partial charge is 0.384 e. The summed E-state index contributed by atoms with van der Waals surface area (Å²) in [4.78, 5) is 3.83. The summed E-state index contributed by atoms with van der Waals surface area (Å²) >= 11 is 0. The van der Waals surface area contributed by atoms with Crippen LogP contribution in [0.4, 0.5) is 11.5 Å². The molecule has 0 saturated heterocycles. The van der Waals surface area contributed by atoms with Gasteiger partial charge in [-0.3, -0.25) is 4.31 Å². The minimum Gasteiger partial charge on any atom is -0.384 e. The van der Waals surface area contributed by atoms with E-state index in [0.717, 1.165) is 8.61 Å². The number of nitrogens with two attached hydrogens (primary N) is 1. The molecule has 0 radical (unpaired) electrons. The Morgan fingerprint density at radius 3 is 2.27 bits per heavy atom. The molecule has 0 aliphatic heterocycles. The number of nitrogen functional groups attached to an aromatic ring is 1. The van der Waals surface area contributed by atoms with Crippen molar-refractivity contribution < 1.29 is 8.42 Å². The predicted octanol–water partition coefficient (Wildman–Crippen LogP) is -0.0936. The summed E-state index contributed by atoms with van der Waals surface area (Å²) in [6.07, 6.45) is 1.41. The van der Waals surface area contributed by atoms with Crippen LogP contribution < -0.4 is 10.0 Å². The van der Waals surface area contributed by atoms with E-state index in [0.29, 0.717) is 11.5 Å². The van der Waals surface area contributed by atoms with Crippen molar-refractivity contribution in [2.45, 2.75) is 0 Å². The summed E-state index contributed by atoms with van der Waals surface area (Å²) in [5, 5.41) is 0. The number of anilines is 2. The average molecular weight is 230 g/mol. The third-order valence-electron chi connectivity index (χ3n) is 1.94. The highest BCUT2D eigenvalue weighted by molar-refractivity contribution is 7.90. The predicted molar refractivity (Wildman–Crippen MR) is 59.7 cm³/mol. The second kappa shape index (κ2) is 4.03.